The summed E-state index contributed by atoms with van der Waals surface area (Å²) >= 11 is 0. The standard InChI is InChI=1S/C22H44O3/c1-6-8-9-10-11-12-13-14-15-16-17-18-20(7-2)24-19-21(23)25-22(3,4)5/h20H,6-19H2,1-5H3. The maximum Gasteiger partial charge on any atom is 0.332 e. The Morgan fingerprint density at radius 2 is 1.28 bits per heavy atom. The molecule has 150 valence electrons. The third-order valence-electron chi connectivity index (χ3n) is 4.44. The molecular formula is C22H44O3. The molecule has 0 aliphatic heterocycles. The lowest BCUT2D eigenvalue weighted by atomic mass is 10.0. The van der Waals surface area contributed by atoms with Gasteiger partial charge >= 0.3 is 5.97 Å². The molecule has 3 heteroatoms. The number of carbonyl (C=O) groups is 1. The molecule has 3 nitrogen and oxygen atoms in total. The van der Waals surface area contributed by atoms with Crippen LogP contribution in [0.2, 0.25) is 0 Å². The summed E-state index contributed by atoms with van der Waals surface area (Å²) in [6.07, 6.45) is 17.1. The highest BCUT2D eigenvalue weighted by molar-refractivity contribution is 5.71. The van der Waals surface area contributed by atoms with E-state index in [4.69, 9.17) is 9.47 Å². The Morgan fingerprint density at radius 3 is 1.72 bits per heavy atom. The van der Waals surface area contributed by atoms with Gasteiger partial charge in [-0.1, -0.05) is 84.5 Å². The Bertz CT molecular complexity index is 307. The van der Waals surface area contributed by atoms with Crippen molar-refractivity contribution in [1.82, 2.24) is 0 Å². The molecule has 0 aromatic carbocycles. The lowest BCUT2D eigenvalue weighted by molar-refractivity contribution is -0.162. The maximum atomic E-state index is 11.7. The summed E-state index contributed by atoms with van der Waals surface area (Å²) < 4.78 is 11.0. The average molecular weight is 357 g/mol. The van der Waals surface area contributed by atoms with Gasteiger partial charge in [-0.05, 0) is 33.6 Å². The molecule has 0 rings (SSSR count). The number of hydrogen-bond acceptors (Lipinski definition) is 3. The molecule has 25 heavy (non-hydrogen) atoms. The summed E-state index contributed by atoms with van der Waals surface area (Å²) in [6.45, 7) is 10.1. The number of rotatable bonds is 16. The summed E-state index contributed by atoms with van der Waals surface area (Å²) in [5.41, 5.74) is -0.432. The largest absolute Gasteiger partial charge is 0.458 e. The molecular weight excluding hydrogens is 312 g/mol. The lowest BCUT2D eigenvalue weighted by Gasteiger charge is -2.21. The van der Waals surface area contributed by atoms with Gasteiger partial charge in [0.15, 0.2) is 0 Å². The molecule has 1 unspecified atom stereocenters. The highest BCUT2D eigenvalue weighted by Gasteiger charge is 2.17. The van der Waals surface area contributed by atoms with Crippen molar-refractivity contribution in [1.29, 1.82) is 0 Å². The number of hydrogen-bond donors (Lipinski definition) is 0. The fraction of sp³-hybridized carbons (Fsp3) is 0.955. The molecule has 0 radical (unpaired) electrons. The second-order valence-corrected chi connectivity index (χ2v) is 8.25. The van der Waals surface area contributed by atoms with Crippen molar-refractivity contribution in [3.8, 4) is 0 Å². The lowest BCUT2D eigenvalue weighted by Crippen LogP contribution is -2.28. The molecule has 1 atom stereocenters. The number of unbranched alkanes of at least 4 members (excludes halogenated alkanes) is 10. The van der Waals surface area contributed by atoms with E-state index in [-0.39, 0.29) is 18.7 Å². The Balaban J connectivity index is 3.50. The second kappa shape index (κ2) is 15.7. The zero-order chi connectivity index (χ0) is 19.0. The van der Waals surface area contributed by atoms with E-state index in [0.29, 0.717) is 0 Å². The van der Waals surface area contributed by atoms with Crippen molar-refractivity contribution in [3.05, 3.63) is 0 Å². The van der Waals surface area contributed by atoms with Gasteiger partial charge in [-0.15, -0.1) is 0 Å². The van der Waals surface area contributed by atoms with E-state index in [0.717, 1.165) is 12.8 Å². The number of carbonyl (C=O) groups excluding carboxylic acids is 1. The molecule has 0 N–H and O–H groups in total. The van der Waals surface area contributed by atoms with E-state index in [1.54, 1.807) is 0 Å². The predicted octanol–water partition coefficient (Wildman–Crippen LogP) is 6.82. The van der Waals surface area contributed by atoms with Crippen molar-refractivity contribution in [2.45, 2.75) is 130 Å². The first-order valence-electron chi connectivity index (χ1n) is 10.7. The minimum Gasteiger partial charge on any atom is -0.458 e. The van der Waals surface area contributed by atoms with Gasteiger partial charge in [0.25, 0.3) is 0 Å². The SMILES string of the molecule is CCCCCCCCCCCCCC(CC)OCC(=O)OC(C)(C)C. The molecule has 0 amide bonds. The fourth-order valence-corrected chi connectivity index (χ4v) is 3.00. The second-order valence-electron chi connectivity index (χ2n) is 8.25. The van der Waals surface area contributed by atoms with E-state index in [1.165, 1.54) is 70.6 Å². The molecule has 0 saturated heterocycles. The first kappa shape index (κ1) is 24.4. The van der Waals surface area contributed by atoms with Crippen LogP contribution in [0.3, 0.4) is 0 Å². The molecule has 0 saturated carbocycles. The van der Waals surface area contributed by atoms with E-state index in [9.17, 15) is 4.79 Å². The van der Waals surface area contributed by atoms with Crippen LogP contribution in [0.25, 0.3) is 0 Å². The van der Waals surface area contributed by atoms with Crippen molar-refractivity contribution in [2.75, 3.05) is 6.61 Å². The Kier molecular flexibility index (Phi) is 15.3. The van der Waals surface area contributed by atoms with Crippen LogP contribution < -0.4 is 0 Å². The molecule has 0 aromatic rings. The third kappa shape index (κ3) is 18.0. The topological polar surface area (TPSA) is 35.5 Å². The maximum absolute atomic E-state index is 11.7. The number of esters is 1. The van der Waals surface area contributed by atoms with Crippen LogP contribution in [-0.4, -0.2) is 24.3 Å². The van der Waals surface area contributed by atoms with Crippen molar-refractivity contribution >= 4 is 5.97 Å². The van der Waals surface area contributed by atoms with E-state index in [1.807, 2.05) is 20.8 Å². The van der Waals surface area contributed by atoms with Crippen LogP contribution in [0.1, 0.15) is 118 Å². The van der Waals surface area contributed by atoms with Gasteiger partial charge in [-0.25, -0.2) is 4.79 Å². The normalized spacial score (nSPS) is 13.0. The highest BCUT2D eigenvalue weighted by Crippen LogP contribution is 2.15. The van der Waals surface area contributed by atoms with Gasteiger partial charge in [-0.2, -0.15) is 0 Å². The van der Waals surface area contributed by atoms with E-state index in [2.05, 4.69) is 13.8 Å². The smallest absolute Gasteiger partial charge is 0.332 e. The van der Waals surface area contributed by atoms with Crippen molar-refractivity contribution in [2.24, 2.45) is 0 Å². The summed E-state index contributed by atoms with van der Waals surface area (Å²) in [5.74, 6) is -0.259. The first-order chi connectivity index (χ1) is 11.9. The van der Waals surface area contributed by atoms with Gasteiger partial charge < -0.3 is 9.47 Å². The zero-order valence-electron chi connectivity index (χ0n) is 17.7. The van der Waals surface area contributed by atoms with Gasteiger partial charge in [0.2, 0.25) is 0 Å². The van der Waals surface area contributed by atoms with Crippen LogP contribution in [0, 0.1) is 0 Å². The summed E-state index contributed by atoms with van der Waals surface area (Å²) in [6, 6.07) is 0. The van der Waals surface area contributed by atoms with Crippen molar-refractivity contribution in [3.63, 3.8) is 0 Å². The number of ether oxygens (including phenoxy) is 2. The minimum atomic E-state index is -0.432. The van der Waals surface area contributed by atoms with E-state index < -0.39 is 5.60 Å². The van der Waals surface area contributed by atoms with Crippen LogP contribution in [0.4, 0.5) is 0 Å². The molecule has 0 heterocycles. The van der Waals surface area contributed by atoms with Crippen LogP contribution in [0.5, 0.6) is 0 Å². The molecule has 0 aliphatic rings. The Morgan fingerprint density at radius 1 is 0.800 bits per heavy atom. The average Bonchev–Trinajstić information content (AvgIpc) is 2.53. The van der Waals surface area contributed by atoms with Crippen molar-refractivity contribution < 1.29 is 14.3 Å². The molecule has 0 bridgehead atoms. The summed E-state index contributed by atoms with van der Waals surface area (Å²) in [5, 5.41) is 0. The van der Waals surface area contributed by atoms with E-state index >= 15 is 0 Å². The van der Waals surface area contributed by atoms with Crippen LogP contribution >= 0.6 is 0 Å². The van der Waals surface area contributed by atoms with Gasteiger partial charge in [0, 0.05) is 0 Å². The van der Waals surface area contributed by atoms with Gasteiger partial charge in [0.1, 0.15) is 12.2 Å². The predicted molar refractivity (Wildman–Crippen MR) is 107 cm³/mol. The quantitative estimate of drug-likeness (QED) is 0.225. The van der Waals surface area contributed by atoms with Crippen LogP contribution in [-0.2, 0) is 14.3 Å². The third-order valence-corrected chi connectivity index (χ3v) is 4.44. The molecule has 0 aromatic heterocycles. The van der Waals surface area contributed by atoms with Crippen LogP contribution in [0.15, 0.2) is 0 Å². The van der Waals surface area contributed by atoms with Gasteiger partial charge in [-0.3, -0.25) is 0 Å². The first-order valence-corrected chi connectivity index (χ1v) is 10.7. The highest BCUT2D eigenvalue weighted by atomic mass is 16.6. The summed E-state index contributed by atoms with van der Waals surface area (Å²) in [4.78, 5) is 11.7. The molecule has 0 aliphatic carbocycles. The molecule has 0 spiro atoms. The Hall–Kier alpha value is -0.570. The molecule has 0 fully saturated rings. The van der Waals surface area contributed by atoms with Gasteiger partial charge in [0.05, 0.1) is 6.10 Å². The minimum absolute atomic E-state index is 0.0772. The zero-order valence-corrected chi connectivity index (χ0v) is 17.7. The Labute approximate surface area is 157 Å². The fourth-order valence-electron chi connectivity index (χ4n) is 3.00. The summed E-state index contributed by atoms with van der Waals surface area (Å²) in [7, 11) is 0. The monoisotopic (exact) mass is 356 g/mol.